The Labute approximate surface area is 117 Å². The predicted octanol–water partition coefficient (Wildman–Crippen LogP) is 1.43. The topological polar surface area (TPSA) is 80.0 Å². The Morgan fingerprint density at radius 3 is 3.00 bits per heavy atom. The van der Waals surface area contributed by atoms with Crippen LogP contribution in [0.25, 0.3) is 0 Å². The van der Waals surface area contributed by atoms with E-state index < -0.39 is 0 Å². The number of anilines is 1. The Hall–Kier alpha value is -2.21. The van der Waals surface area contributed by atoms with E-state index >= 15 is 0 Å². The Morgan fingerprint density at radius 2 is 2.25 bits per heavy atom. The maximum absolute atomic E-state index is 11.7. The molecule has 2 N–H and O–H groups in total. The van der Waals surface area contributed by atoms with Gasteiger partial charge in [-0.15, -0.1) is 0 Å². The molecule has 0 bridgehead atoms. The van der Waals surface area contributed by atoms with Crippen molar-refractivity contribution in [3.8, 4) is 0 Å². The number of unbranched alkanes of at least 4 members (excludes halogenated alkanes) is 1. The standard InChI is InChI=1S/C14H18N4O2/c19-7-2-1-6-14(20)17-13-5-3-4-12(8-13)9-18-11-15-10-16-18/h3-5,8,10-11,19H,1-2,6-7,9H2,(H,17,20). The second kappa shape index (κ2) is 7.40. The van der Waals surface area contributed by atoms with Gasteiger partial charge in [-0.2, -0.15) is 5.10 Å². The van der Waals surface area contributed by atoms with Crippen molar-refractivity contribution < 1.29 is 9.90 Å². The highest BCUT2D eigenvalue weighted by atomic mass is 16.3. The fraction of sp³-hybridized carbons (Fsp3) is 0.357. The zero-order valence-corrected chi connectivity index (χ0v) is 11.2. The molecule has 2 aromatic rings. The summed E-state index contributed by atoms with van der Waals surface area (Å²) in [6.45, 7) is 0.745. The number of carbonyl (C=O) groups excluding carboxylic acids is 1. The van der Waals surface area contributed by atoms with E-state index in [-0.39, 0.29) is 12.5 Å². The van der Waals surface area contributed by atoms with Crippen LogP contribution in [0.2, 0.25) is 0 Å². The van der Waals surface area contributed by atoms with Crippen molar-refractivity contribution in [1.82, 2.24) is 14.8 Å². The van der Waals surface area contributed by atoms with E-state index in [1.165, 1.54) is 6.33 Å². The molecule has 0 fully saturated rings. The van der Waals surface area contributed by atoms with Gasteiger partial charge in [-0.3, -0.25) is 4.79 Å². The molecule has 0 saturated heterocycles. The van der Waals surface area contributed by atoms with Crippen LogP contribution >= 0.6 is 0 Å². The second-order valence-electron chi connectivity index (χ2n) is 4.52. The van der Waals surface area contributed by atoms with Gasteiger partial charge in [0.05, 0.1) is 6.54 Å². The molecule has 0 aliphatic carbocycles. The number of amides is 1. The van der Waals surface area contributed by atoms with Gasteiger partial charge in [-0.05, 0) is 30.5 Å². The van der Waals surface area contributed by atoms with Gasteiger partial charge in [-0.25, -0.2) is 9.67 Å². The van der Waals surface area contributed by atoms with Crippen LogP contribution in [-0.4, -0.2) is 32.4 Å². The molecule has 0 saturated carbocycles. The van der Waals surface area contributed by atoms with Crippen LogP contribution < -0.4 is 5.32 Å². The van der Waals surface area contributed by atoms with Gasteiger partial charge in [0, 0.05) is 18.7 Å². The summed E-state index contributed by atoms with van der Waals surface area (Å²) < 4.78 is 1.72. The van der Waals surface area contributed by atoms with Gasteiger partial charge in [-0.1, -0.05) is 12.1 Å². The van der Waals surface area contributed by atoms with Gasteiger partial charge >= 0.3 is 0 Å². The van der Waals surface area contributed by atoms with Crippen LogP contribution in [0.3, 0.4) is 0 Å². The lowest BCUT2D eigenvalue weighted by atomic mass is 10.2. The van der Waals surface area contributed by atoms with E-state index in [2.05, 4.69) is 15.4 Å². The monoisotopic (exact) mass is 274 g/mol. The second-order valence-corrected chi connectivity index (χ2v) is 4.52. The van der Waals surface area contributed by atoms with Crippen molar-refractivity contribution in [2.24, 2.45) is 0 Å². The van der Waals surface area contributed by atoms with Crippen LogP contribution in [0, 0.1) is 0 Å². The molecule has 6 heteroatoms. The van der Waals surface area contributed by atoms with Crippen molar-refractivity contribution in [2.45, 2.75) is 25.8 Å². The number of carbonyl (C=O) groups is 1. The lowest BCUT2D eigenvalue weighted by Gasteiger charge is -2.07. The van der Waals surface area contributed by atoms with E-state index in [1.54, 1.807) is 11.0 Å². The maximum Gasteiger partial charge on any atom is 0.224 e. The number of rotatable bonds is 7. The zero-order valence-electron chi connectivity index (χ0n) is 11.2. The minimum absolute atomic E-state index is 0.0312. The van der Waals surface area contributed by atoms with E-state index in [4.69, 9.17) is 5.11 Å². The van der Waals surface area contributed by atoms with Crippen molar-refractivity contribution in [3.05, 3.63) is 42.5 Å². The minimum atomic E-state index is -0.0312. The maximum atomic E-state index is 11.7. The van der Waals surface area contributed by atoms with Gasteiger partial charge in [0.2, 0.25) is 5.91 Å². The summed E-state index contributed by atoms with van der Waals surface area (Å²) in [5, 5.41) is 15.6. The SMILES string of the molecule is O=C(CCCCO)Nc1cccc(Cn2cncn2)c1. The first-order chi connectivity index (χ1) is 9.78. The molecule has 0 unspecified atom stereocenters. The third kappa shape index (κ3) is 4.47. The minimum Gasteiger partial charge on any atom is -0.396 e. The molecule has 6 nitrogen and oxygen atoms in total. The number of aliphatic hydroxyl groups is 1. The first kappa shape index (κ1) is 14.2. The highest BCUT2D eigenvalue weighted by Gasteiger charge is 2.03. The molecule has 2 rings (SSSR count). The fourth-order valence-electron chi connectivity index (χ4n) is 1.87. The third-order valence-corrected chi connectivity index (χ3v) is 2.83. The van der Waals surface area contributed by atoms with Crippen molar-refractivity contribution in [3.63, 3.8) is 0 Å². The summed E-state index contributed by atoms with van der Waals surface area (Å²) in [4.78, 5) is 15.6. The van der Waals surface area contributed by atoms with Crippen LogP contribution in [0.5, 0.6) is 0 Å². The normalized spacial score (nSPS) is 10.4. The zero-order chi connectivity index (χ0) is 14.2. The molecule has 1 aromatic carbocycles. The van der Waals surface area contributed by atoms with E-state index in [9.17, 15) is 4.79 Å². The van der Waals surface area contributed by atoms with E-state index in [0.29, 0.717) is 25.8 Å². The van der Waals surface area contributed by atoms with Crippen molar-refractivity contribution >= 4 is 11.6 Å². The summed E-state index contributed by atoms with van der Waals surface area (Å²) in [6.07, 6.45) is 4.92. The average Bonchev–Trinajstić information content (AvgIpc) is 2.92. The quantitative estimate of drug-likeness (QED) is 0.748. The van der Waals surface area contributed by atoms with Crippen LogP contribution in [0.1, 0.15) is 24.8 Å². The molecule has 1 heterocycles. The number of hydrogen-bond donors (Lipinski definition) is 2. The number of aromatic nitrogens is 3. The van der Waals surface area contributed by atoms with Gasteiger partial charge in [0.15, 0.2) is 0 Å². The third-order valence-electron chi connectivity index (χ3n) is 2.83. The molecule has 20 heavy (non-hydrogen) atoms. The summed E-state index contributed by atoms with van der Waals surface area (Å²) in [7, 11) is 0. The smallest absolute Gasteiger partial charge is 0.224 e. The molecule has 0 radical (unpaired) electrons. The molecule has 0 spiro atoms. The fourth-order valence-corrected chi connectivity index (χ4v) is 1.87. The van der Waals surface area contributed by atoms with Crippen LogP contribution in [-0.2, 0) is 11.3 Å². The van der Waals surface area contributed by atoms with Gasteiger partial charge < -0.3 is 10.4 Å². The van der Waals surface area contributed by atoms with E-state index in [1.807, 2.05) is 24.3 Å². The molecular formula is C14H18N4O2. The van der Waals surface area contributed by atoms with Crippen LogP contribution in [0.4, 0.5) is 5.69 Å². The van der Waals surface area contributed by atoms with Gasteiger partial charge in [0.25, 0.3) is 0 Å². The largest absolute Gasteiger partial charge is 0.396 e. The van der Waals surface area contributed by atoms with Crippen LogP contribution in [0.15, 0.2) is 36.9 Å². The molecular weight excluding hydrogens is 256 g/mol. The first-order valence-electron chi connectivity index (χ1n) is 6.60. The molecule has 0 aliphatic rings. The summed E-state index contributed by atoms with van der Waals surface area (Å²) in [6, 6.07) is 7.65. The number of benzene rings is 1. The lowest BCUT2D eigenvalue weighted by molar-refractivity contribution is -0.116. The van der Waals surface area contributed by atoms with Crippen molar-refractivity contribution in [1.29, 1.82) is 0 Å². The number of aliphatic hydroxyl groups excluding tert-OH is 1. The average molecular weight is 274 g/mol. The van der Waals surface area contributed by atoms with E-state index in [0.717, 1.165) is 11.3 Å². The molecule has 0 aliphatic heterocycles. The lowest BCUT2D eigenvalue weighted by Crippen LogP contribution is -2.11. The molecule has 0 atom stereocenters. The Bertz CT molecular complexity index is 540. The highest BCUT2D eigenvalue weighted by molar-refractivity contribution is 5.90. The van der Waals surface area contributed by atoms with Crippen molar-refractivity contribution in [2.75, 3.05) is 11.9 Å². The highest BCUT2D eigenvalue weighted by Crippen LogP contribution is 2.12. The first-order valence-corrected chi connectivity index (χ1v) is 6.60. The predicted molar refractivity (Wildman–Crippen MR) is 75.1 cm³/mol. The molecule has 1 amide bonds. The number of nitrogens with zero attached hydrogens (tertiary/aromatic N) is 3. The number of hydrogen-bond acceptors (Lipinski definition) is 4. The molecule has 106 valence electrons. The van der Waals surface area contributed by atoms with Gasteiger partial charge in [0.1, 0.15) is 12.7 Å². The summed E-state index contributed by atoms with van der Waals surface area (Å²) in [5.74, 6) is -0.0312. The Balaban J connectivity index is 1.90. The number of nitrogens with one attached hydrogen (secondary N) is 1. The molecule has 1 aromatic heterocycles. The summed E-state index contributed by atoms with van der Waals surface area (Å²) >= 11 is 0. The summed E-state index contributed by atoms with van der Waals surface area (Å²) in [5.41, 5.74) is 1.82. The Morgan fingerprint density at radius 1 is 1.35 bits per heavy atom. The Kier molecular flexibility index (Phi) is 5.25.